The van der Waals surface area contributed by atoms with Crippen LogP contribution in [-0.4, -0.2) is 7.74 Å². The van der Waals surface area contributed by atoms with E-state index in [0.717, 1.165) is 0 Å². The fourth-order valence-electron chi connectivity index (χ4n) is 3.08. The summed E-state index contributed by atoms with van der Waals surface area (Å²) in [5.74, 6) is 0. The summed E-state index contributed by atoms with van der Waals surface area (Å²) in [5.41, 5.74) is 5.56. The smallest absolute Gasteiger partial charge is 0.0651 e. The van der Waals surface area contributed by atoms with E-state index in [-0.39, 0.29) is 7.47 Å². The first-order chi connectivity index (χ1) is 9.66. The molecule has 0 nitrogen and oxygen atoms in total. The average molecular weight is 314 g/mol. The molecule has 0 saturated carbocycles. The lowest BCUT2D eigenvalue weighted by Gasteiger charge is -2.31. The molecule has 0 aliphatic carbocycles. The molecule has 0 atom stereocenters. The molecule has 0 spiro atoms. The summed E-state index contributed by atoms with van der Waals surface area (Å²) in [6, 6.07) is 14.2. The minimum Gasteiger partial charge on any atom is -0.0651 e. The highest BCUT2D eigenvalue weighted by atomic mass is 31.4. The fourth-order valence-corrected chi connectivity index (χ4v) is 11.7. The Morgan fingerprint density at radius 2 is 0.857 bits per heavy atom. The summed E-state index contributed by atoms with van der Waals surface area (Å²) in [7, 11) is -1.51. The third kappa shape index (κ3) is 4.05. The van der Waals surface area contributed by atoms with Crippen LogP contribution >= 0.6 is 7.47 Å². The second-order valence-electron chi connectivity index (χ2n) is 7.20. The SMILES string of the molecule is Cc1cc(C)cc(P(c2cc(C)cc(C)c2)[Si](C)(C)C)c1. The van der Waals surface area contributed by atoms with Crippen LogP contribution in [0.25, 0.3) is 0 Å². The largest absolute Gasteiger partial charge is 0.0827 e. The van der Waals surface area contributed by atoms with Gasteiger partial charge in [0.25, 0.3) is 0 Å². The Hall–Kier alpha value is -0.913. The summed E-state index contributed by atoms with van der Waals surface area (Å²) in [6.45, 7) is 16.4. The van der Waals surface area contributed by atoms with Crippen LogP contribution in [0.1, 0.15) is 22.3 Å². The Morgan fingerprint density at radius 1 is 0.571 bits per heavy atom. The topological polar surface area (TPSA) is 0 Å². The first-order valence-electron chi connectivity index (χ1n) is 7.63. The monoisotopic (exact) mass is 314 g/mol. The Balaban J connectivity index is 2.63. The first kappa shape index (κ1) is 16.5. The van der Waals surface area contributed by atoms with E-state index in [9.17, 15) is 0 Å². The molecule has 0 aliphatic rings. The molecular formula is C19H27PSi. The third-order valence-electron chi connectivity index (χ3n) is 3.60. The van der Waals surface area contributed by atoms with Gasteiger partial charge < -0.3 is 0 Å². The highest BCUT2D eigenvalue weighted by Crippen LogP contribution is 2.45. The first-order valence-corrected chi connectivity index (χ1v) is 13.3. The Kier molecular flexibility index (Phi) is 4.75. The minimum atomic E-state index is -1.30. The molecule has 2 aromatic rings. The molecule has 2 aromatic carbocycles. The standard InChI is InChI=1S/C19H27PSi/c1-14-8-15(2)11-18(10-14)20(21(5,6)7)19-12-16(3)9-17(4)13-19/h8-13H,1-7H3. The number of aryl methyl sites for hydroxylation is 4. The lowest BCUT2D eigenvalue weighted by molar-refractivity contribution is 1.40. The van der Waals surface area contributed by atoms with E-state index < -0.39 is 7.74 Å². The number of hydrogen-bond acceptors (Lipinski definition) is 0. The molecule has 0 aromatic heterocycles. The molecule has 2 rings (SSSR count). The zero-order chi connectivity index (χ0) is 15.8. The predicted octanol–water partition coefficient (Wildman–Crippen LogP) is 5.19. The van der Waals surface area contributed by atoms with Crippen molar-refractivity contribution in [2.75, 3.05) is 0 Å². The maximum atomic E-state index is 2.51. The van der Waals surface area contributed by atoms with Gasteiger partial charge in [-0.05, 0) is 38.3 Å². The van der Waals surface area contributed by atoms with Gasteiger partial charge in [-0.25, -0.2) is 0 Å². The molecular weight excluding hydrogens is 287 g/mol. The third-order valence-corrected chi connectivity index (χ3v) is 12.1. The van der Waals surface area contributed by atoms with Crippen LogP contribution in [0.5, 0.6) is 0 Å². The van der Waals surface area contributed by atoms with Crippen LogP contribution in [-0.2, 0) is 0 Å². The number of benzene rings is 2. The molecule has 0 saturated heterocycles. The minimum absolute atomic E-state index is 0.218. The number of rotatable bonds is 3. The molecule has 0 N–H and O–H groups in total. The summed E-state index contributed by atoms with van der Waals surface area (Å²) < 4.78 is 0. The van der Waals surface area contributed by atoms with E-state index in [1.165, 1.54) is 22.3 Å². The predicted molar refractivity (Wildman–Crippen MR) is 101 cm³/mol. The van der Waals surface area contributed by atoms with E-state index in [1.807, 2.05) is 0 Å². The van der Waals surface area contributed by atoms with Crippen molar-refractivity contribution >= 4 is 25.8 Å². The molecule has 0 bridgehead atoms. The van der Waals surface area contributed by atoms with Crippen molar-refractivity contribution in [1.82, 2.24) is 0 Å². The van der Waals surface area contributed by atoms with Crippen LogP contribution in [0.2, 0.25) is 19.6 Å². The Morgan fingerprint density at radius 3 is 1.10 bits per heavy atom. The zero-order valence-electron chi connectivity index (χ0n) is 14.4. The van der Waals surface area contributed by atoms with Gasteiger partial charge in [0.2, 0.25) is 0 Å². The fraction of sp³-hybridized carbons (Fsp3) is 0.368. The van der Waals surface area contributed by atoms with Gasteiger partial charge in [-0.1, -0.05) is 85.8 Å². The second kappa shape index (κ2) is 6.06. The van der Waals surface area contributed by atoms with Gasteiger partial charge in [0, 0.05) is 0 Å². The molecule has 0 heterocycles. The van der Waals surface area contributed by atoms with Gasteiger partial charge in [0.15, 0.2) is 0 Å². The van der Waals surface area contributed by atoms with Gasteiger partial charge in [-0.3, -0.25) is 0 Å². The lowest BCUT2D eigenvalue weighted by atomic mass is 10.2. The van der Waals surface area contributed by atoms with Crippen molar-refractivity contribution in [3.8, 4) is 0 Å². The Labute approximate surface area is 132 Å². The summed E-state index contributed by atoms with van der Waals surface area (Å²) >= 11 is 0. The molecule has 2 heteroatoms. The van der Waals surface area contributed by atoms with Crippen LogP contribution in [0.3, 0.4) is 0 Å². The van der Waals surface area contributed by atoms with Crippen LogP contribution in [0.15, 0.2) is 36.4 Å². The van der Waals surface area contributed by atoms with Crippen molar-refractivity contribution in [2.24, 2.45) is 0 Å². The van der Waals surface area contributed by atoms with Gasteiger partial charge in [0.05, 0.1) is 7.74 Å². The quantitative estimate of drug-likeness (QED) is 0.540. The molecule has 0 unspecified atom stereocenters. The van der Waals surface area contributed by atoms with Crippen molar-refractivity contribution in [3.05, 3.63) is 58.7 Å². The molecule has 0 amide bonds. The van der Waals surface area contributed by atoms with Crippen LogP contribution < -0.4 is 10.6 Å². The van der Waals surface area contributed by atoms with Crippen LogP contribution in [0, 0.1) is 27.7 Å². The summed E-state index contributed by atoms with van der Waals surface area (Å²) in [4.78, 5) is 0. The van der Waals surface area contributed by atoms with Gasteiger partial charge in [0.1, 0.15) is 0 Å². The normalized spacial score (nSPS) is 12.0. The van der Waals surface area contributed by atoms with Crippen molar-refractivity contribution < 1.29 is 0 Å². The molecule has 112 valence electrons. The van der Waals surface area contributed by atoms with Gasteiger partial charge in [-0.2, -0.15) is 0 Å². The van der Waals surface area contributed by atoms with E-state index in [4.69, 9.17) is 0 Å². The van der Waals surface area contributed by atoms with Crippen molar-refractivity contribution in [3.63, 3.8) is 0 Å². The van der Waals surface area contributed by atoms with Gasteiger partial charge >= 0.3 is 0 Å². The van der Waals surface area contributed by atoms with E-state index in [0.29, 0.717) is 0 Å². The summed E-state index contributed by atoms with van der Waals surface area (Å²) in [6.07, 6.45) is 0. The van der Waals surface area contributed by atoms with E-state index in [2.05, 4.69) is 83.7 Å². The van der Waals surface area contributed by atoms with E-state index in [1.54, 1.807) is 10.6 Å². The molecule has 0 fully saturated rings. The van der Waals surface area contributed by atoms with Crippen LogP contribution in [0.4, 0.5) is 0 Å². The maximum absolute atomic E-state index is 2.51. The maximum Gasteiger partial charge on any atom is 0.0827 e. The Bertz CT molecular complexity index is 561. The zero-order valence-corrected chi connectivity index (χ0v) is 16.3. The lowest BCUT2D eigenvalue weighted by Crippen LogP contribution is -2.31. The summed E-state index contributed by atoms with van der Waals surface area (Å²) in [5, 5.41) is 3.12. The molecule has 0 radical (unpaired) electrons. The molecule has 0 aliphatic heterocycles. The van der Waals surface area contributed by atoms with E-state index >= 15 is 0 Å². The second-order valence-corrected chi connectivity index (χ2v) is 18.6. The highest BCUT2D eigenvalue weighted by molar-refractivity contribution is 8.04. The van der Waals surface area contributed by atoms with Crippen molar-refractivity contribution in [1.29, 1.82) is 0 Å². The van der Waals surface area contributed by atoms with Crippen molar-refractivity contribution in [2.45, 2.75) is 47.3 Å². The highest BCUT2D eigenvalue weighted by Gasteiger charge is 2.29. The molecule has 21 heavy (non-hydrogen) atoms. The van der Waals surface area contributed by atoms with Gasteiger partial charge in [-0.15, -0.1) is 0 Å². The number of hydrogen-bond donors (Lipinski definition) is 0. The average Bonchev–Trinajstić information content (AvgIpc) is 2.23.